The van der Waals surface area contributed by atoms with Crippen LogP contribution >= 0.6 is 11.8 Å². The highest BCUT2D eigenvalue weighted by molar-refractivity contribution is 8.00. The first-order valence-corrected chi connectivity index (χ1v) is 6.11. The minimum absolute atomic E-state index is 0.193. The zero-order valence-corrected chi connectivity index (χ0v) is 10.6. The van der Waals surface area contributed by atoms with Crippen molar-refractivity contribution >= 4 is 28.4 Å². The predicted molar refractivity (Wildman–Crippen MR) is 71.8 cm³/mol. The van der Waals surface area contributed by atoms with Gasteiger partial charge < -0.3 is 5.73 Å². The summed E-state index contributed by atoms with van der Waals surface area (Å²) in [5.41, 5.74) is 7.56. The molecule has 0 saturated heterocycles. The predicted octanol–water partition coefficient (Wildman–Crippen LogP) is 3.71. The molecule has 2 aromatic rings. The van der Waals surface area contributed by atoms with Crippen LogP contribution in [0.15, 0.2) is 35.4 Å². The molecule has 0 aliphatic heterocycles. The third-order valence-corrected chi connectivity index (χ3v) is 3.37. The number of hydrogen-bond acceptors (Lipinski definition) is 3. The fourth-order valence-electron chi connectivity index (χ4n) is 1.59. The highest BCUT2D eigenvalue weighted by atomic mass is 32.2. The molecular weight excluding hydrogens is 216 g/mol. The van der Waals surface area contributed by atoms with Gasteiger partial charge >= 0.3 is 0 Å². The lowest BCUT2D eigenvalue weighted by Gasteiger charge is -2.19. The average Bonchev–Trinajstić information content (AvgIpc) is 2.21. The molecule has 0 radical (unpaired) electrons. The minimum Gasteiger partial charge on any atom is -0.397 e. The van der Waals surface area contributed by atoms with Gasteiger partial charge in [0.25, 0.3) is 0 Å². The van der Waals surface area contributed by atoms with Crippen molar-refractivity contribution < 1.29 is 0 Å². The SMILES string of the molecule is CC(C)(C)Sc1ccc(N)c2ncccc12. The van der Waals surface area contributed by atoms with Gasteiger partial charge in [0.2, 0.25) is 0 Å². The number of rotatable bonds is 1. The van der Waals surface area contributed by atoms with Crippen LogP contribution in [0, 0.1) is 0 Å². The van der Waals surface area contributed by atoms with Crippen molar-refractivity contribution in [3.8, 4) is 0 Å². The average molecular weight is 232 g/mol. The number of pyridine rings is 1. The Balaban J connectivity index is 2.59. The molecule has 3 heteroatoms. The lowest BCUT2D eigenvalue weighted by atomic mass is 10.2. The van der Waals surface area contributed by atoms with Crippen molar-refractivity contribution in [3.05, 3.63) is 30.5 Å². The fraction of sp³-hybridized carbons (Fsp3) is 0.308. The summed E-state index contributed by atoms with van der Waals surface area (Å²) in [5, 5.41) is 1.14. The molecule has 1 heterocycles. The van der Waals surface area contributed by atoms with Gasteiger partial charge in [-0.05, 0) is 18.2 Å². The number of anilines is 1. The van der Waals surface area contributed by atoms with Gasteiger partial charge in [0.1, 0.15) is 0 Å². The molecule has 0 amide bonds. The molecule has 0 aliphatic rings. The molecule has 0 bridgehead atoms. The van der Waals surface area contributed by atoms with Crippen LogP contribution in [0.25, 0.3) is 10.9 Å². The van der Waals surface area contributed by atoms with Crippen LogP contribution in [0.4, 0.5) is 5.69 Å². The van der Waals surface area contributed by atoms with E-state index in [4.69, 9.17) is 5.73 Å². The Morgan fingerprint density at radius 2 is 1.94 bits per heavy atom. The van der Waals surface area contributed by atoms with Crippen molar-refractivity contribution in [1.29, 1.82) is 0 Å². The maximum atomic E-state index is 5.92. The molecule has 2 N–H and O–H groups in total. The summed E-state index contributed by atoms with van der Waals surface area (Å²) in [6, 6.07) is 8.04. The molecule has 2 nitrogen and oxygen atoms in total. The van der Waals surface area contributed by atoms with Gasteiger partial charge in [-0.25, -0.2) is 0 Å². The first-order valence-electron chi connectivity index (χ1n) is 5.29. The lowest BCUT2D eigenvalue weighted by molar-refractivity contribution is 0.803. The Morgan fingerprint density at radius 3 is 2.62 bits per heavy atom. The van der Waals surface area contributed by atoms with Gasteiger partial charge in [-0.2, -0.15) is 0 Å². The van der Waals surface area contributed by atoms with Crippen LogP contribution < -0.4 is 5.73 Å². The van der Waals surface area contributed by atoms with E-state index in [0.29, 0.717) is 0 Å². The van der Waals surface area contributed by atoms with E-state index in [1.165, 1.54) is 4.90 Å². The third-order valence-electron chi connectivity index (χ3n) is 2.18. The molecule has 0 atom stereocenters. The van der Waals surface area contributed by atoms with Crippen molar-refractivity contribution in [2.75, 3.05) is 5.73 Å². The Labute approximate surface area is 100 Å². The van der Waals surface area contributed by atoms with E-state index < -0.39 is 0 Å². The number of nitrogens with two attached hydrogens (primary N) is 1. The number of fused-ring (bicyclic) bond motifs is 1. The first-order chi connectivity index (χ1) is 7.47. The molecule has 2 rings (SSSR count). The van der Waals surface area contributed by atoms with Crippen molar-refractivity contribution in [1.82, 2.24) is 4.98 Å². The summed E-state index contributed by atoms with van der Waals surface area (Å²) >= 11 is 1.84. The molecule has 0 unspecified atom stereocenters. The molecule has 1 aromatic carbocycles. The van der Waals surface area contributed by atoms with Gasteiger partial charge in [0.05, 0.1) is 11.2 Å². The number of benzene rings is 1. The van der Waals surface area contributed by atoms with Gasteiger partial charge in [-0.15, -0.1) is 11.8 Å². The monoisotopic (exact) mass is 232 g/mol. The standard InChI is InChI=1S/C13H16N2S/c1-13(2,3)16-11-7-6-10(14)12-9(11)5-4-8-15-12/h4-8H,14H2,1-3H3. The Bertz CT molecular complexity index is 515. The molecule has 0 fully saturated rings. The molecule has 84 valence electrons. The highest BCUT2D eigenvalue weighted by Crippen LogP contribution is 2.37. The van der Waals surface area contributed by atoms with Crippen molar-refractivity contribution in [2.24, 2.45) is 0 Å². The van der Waals surface area contributed by atoms with E-state index in [2.05, 4.69) is 37.9 Å². The minimum atomic E-state index is 0.193. The molecule has 0 aliphatic carbocycles. The van der Waals surface area contributed by atoms with E-state index in [-0.39, 0.29) is 4.75 Å². The summed E-state index contributed by atoms with van der Waals surface area (Å²) in [4.78, 5) is 5.57. The normalized spacial score (nSPS) is 11.9. The van der Waals surface area contributed by atoms with Crippen LogP contribution in [0.5, 0.6) is 0 Å². The Morgan fingerprint density at radius 1 is 1.19 bits per heavy atom. The van der Waals surface area contributed by atoms with Crippen LogP contribution in [0.1, 0.15) is 20.8 Å². The number of nitrogens with zero attached hydrogens (tertiary/aromatic N) is 1. The van der Waals surface area contributed by atoms with E-state index in [1.54, 1.807) is 6.20 Å². The maximum Gasteiger partial charge on any atom is 0.0942 e. The second kappa shape index (κ2) is 3.98. The topological polar surface area (TPSA) is 38.9 Å². The molecule has 16 heavy (non-hydrogen) atoms. The smallest absolute Gasteiger partial charge is 0.0942 e. The zero-order chi connectivity index (χ0) is 11.8. The van der Waals surface area contributed by atoms with E-state index in [9.17, 15) is 0 Å². The second-order valence-electron chi connectivity index (χ2n) is 4.77. The Hall–Kier alpha value is -1.22. The van der Waals surface area contributed by atoms with Gasteiger partial charge in [0.15, 0.2) is 0 Å². The first kappa shape index (κ1) is 11.3. The summed E-state index contributed by atoms with van der Waals surface area (Å²) in [6.45, 7) is 6.61. The van der Waals surface area contributed by atoms with Crippen molar-refractivity contribution in [2.45, 2.75) is 30.4 Å². The summed E-state index contributed by atoms with van der Waals surface area (Å²) in [5.74, 6) is 0. The van der Waals surface area contributed by atoms with E-state index >= 15 is 0 Å². The van der Waals surface area contributed by atoms with Crippen molar-refractivity contribution in [3.63, 3.8) is 0 Å². The zero-order valence-electron chi connectivity index (χ0n) is 9.82. The van der Waals surface area contributed by atoms with Crippen LogP contribution in [0.2, 0.25) is 0 Å². The summed E-state index contributed by atoms with van der Waals surface area (Å²) < 4.78 is 0.193. The van der Waals surface area contributed by atoms with Crippen LogP contribution in [0.3, 0.4) is 0 Å². The third kappa shape index (κ3) is 2.30. The van der Waals surface area contributed by atoms with Gasteiger partial charge in [-0.1, -0.05) is 26.8 Å². The number of nitrogen functional groups attached to an aromatic ring is 1. The molecule has 1 aromatic heterocycles. The largest absolute Gasteiger partial charge is 0.397 e. The van der Waals surface area contributed by atoms with Gasteiger partial charge in [0, 0.05) is 21.2 Å². The molecule has 0 saturated carbocycles. The quantitative estimate of drug-likeness (QED) is 0.602. The molecular formula is C13H16N2S. The fourth-order valence-corrected chi connectivity index (χ4v) is 2.66. The van der Waals surface area contributed by atoms with E-state index in [0.717, 1.165) is 16.6 Å². The highest BCUT2D eigenvalue weighted by Gasteiger charge is 2.14. The number of hydrogen-bond donors (Lipinski definition) is 1. The van der Waals surface area contributed by atoms with Gasteiger partial charge in [-0.3, -0.25) is 4.98 Å². The summed E-state index contributed by atoms with van der Waals surface area (Å²) in [6.07, 6.45) is 1.78. The van der Waals surface area contributed by atoms with Crippen LogP contribution in [-0.4, -0.2) is 9.73 Å². The molecule has 0 spiro atoms. The number of aromatic nitrogens is 1. The second-order valence-corrected chi connectivity index (χ2v) is 6.64. The van der Waals surface area contributed by atoms with E-state index in [1.807, 2.05) is 23.9 Å². The number of thioether (sulfide) groups is 1. The van der Waals surface area contributed by atoms with Crippen LogP contribution in [-0.2, 0) is 0 Å². The maximum absolute atomic E-state index is 5.92. The lowest BCUT2D eigenvalue weighted by Crippen LogP contribution is -2.06. The Kier molecular flexibility index (Phi) is 2.80. The summed E-state index contributed by atoms with van der Waals surface area (Å²) in [7, 11) is 0.